The number of aliphatic hydroxyl groups excluding tert-OH is 1. The monoisotopic (exact) mass is 591 g/mol. The van der Waals surface area contributed by atoms with Crippen LogP contribution in [0.4, 0.5) is 4.79 Å². The Kier molecular flexibility index (Phi) is 14.5. The van der Waals surface area contributed by atoms with Crippen molar-refractivity contribution >= 4 is 37.1 Å². The van der Waals surface area contributed by atoms with Crippen molar-refractivity contribution in [2.24, 2.45) is 5.41 Å². The normalized spacial score (nSPS) is 14.2. The number of carbonyl (C=O) groups is 3. The molecule has 39 heavy (non-hydrogen) atoms. The molecule has 0 heterocycles. The molecule has 3 N–H and O–H groups in total. The molecule has 0 spiro atoms. The zero-order chi connectivity index (χ0) is 29.8. The van der Waals surface area contributed by atoms with E-state index in [1.54, 1.807) is 52.2 Å². The van der Waals surface area contributed by atoms with Crippen LogP contribution < -0.4 is 10.6 Å². The Bertz CT molecular complexity index is 992. The molecule has 0 aliphatic heterocycles. The number of hydrogen-bond acceptors (Lipinski definition) is 8. The third kappa shape index (κ3) is 12.7. The molecule has 0 aliphatic rings. The maximum absolute atomic E-state index is 13.4. The smallest absolute Gasteiger partial charge is 0.408 e. The van der Waals surface area contributed by atoms with Crippen LogP contribution in [0.2, 0.25) is 5.02 Å². The molecule has 3 atom stereocenters. The van der Waals surface area contributed by atoms with Gasteiger partial charge in [0.05, 0.1) is 19.3 Å². The minimum atomic E-state index is -4.06. The molecule has 11 nitrogen and oxygen atoms in total. The van der Waals surface area contributed by atoms with Gasteiger partial charge in [0.15, 0.2) is 5.85 Å². The first-order valence-electron chi connectivity index (χ1n) is 12.9. The molecule has 1 aromatic carbocycles. The second-order valence-corrected chi connectivity index (χ2v) is 13.0. The lowest BCUT2D eigenvalue weighted by molar-refractivity contribution is -0.130. The van der Waals surface area contributed by atoms with Gasteiger partial charge in [-0.15, -0.1) is 0 Å². The van der Waals surface area contributed by atoms with E-state index in [9.17, 15) is 24.1 Å². The lowest BCUT2D eigenvalue weighted by Gasteiger charge is -2.32. The highest BCUT2D eigenvalue weighted by Crippen LogP contribution is 2.53. The summed E-state index contributed by atoms with van der Waals surface area (Å²) in [4.78, 5) is 39.7. The molecule has 0 aliphatic carbocycles. The first-order chi connectivity index (χ1) is 18.1. The quantitative estimate of drug-likeness (QED) is 0.256. The van der Waals surface area contributed by atoms with E-state index in [0.717, 1.165) is 0 Å². The standard InChI is InChI=1S/C26H43ClN3O8P/c1-8-37-39(35,38-9-2)24(33)20(13-14-22(31)30(6)7)28-23(32)21(16-26(3,4)5)29-25(34)36-17-18-11-10-12-19(27)15-18/h10-12,15,20-21,24,33H,8-9,13-14,16-17H2,1-7H3,(H,28,32)(H,29,34)/t20-,21?,24?/m0/s1. The van der Waals surface area contributed by atoms with E-state index in [-0.39, 0.29) is 50.4 Å². The number of aliphatic hydroxyl groups is 1. The zero-order valence-electron chi connectivity index (χ0n) is 23.9. The molecule has 0 fully saturated rings. The van der Waals surface area contributed by atoms with Crippen LogP contribution in [0, 0.1) is 5.41 Å². The molecule has 0 saturated carbocycles. The van der Waals surface area contributed by atoms with E-state index in [1.807, 2.05) is 20.8 Å². The molecule has 1 rings (SSSR count). The van der Waals surface area contributed by atoms with Crippen molar-refractivity contribution in [2.45, 2.75) is 78.4 Å². The second-order valence-electron chi connectivity index (χ2n) is 10.4. The predicted molar refractivity (Wildman–Crippen MR) is 149 cm³/mol. The molecule has 13 heteroatoms. The van der Waals surface area contributed by atoms with Crippen LogP contribution in [0.5, 0.6) is 0 Å². The van der Waals surface area contributed by atoms with Crippen molar-refractivity contribution in [3.63, 3.8) is 0 Å². The Balaban J connectivity index is 3.13. The van der Waals surface area contributed by atoms with Crippen molar-refractivity contribution in [1.29, 1.82) is 0 Å². The van der Waals surface area contributed by atoms with Gasteiger partial charge in [-0.1, -0.05) is 44.5 Å². The number of ether oxygens (including phenoxy) is 1. The molecule has 3 amide bonds. The molecule has 0 bridgehead atoms. The first-order valence-corrected chi connectivity index (χ1v) is 14.9. The molecule has 0 saturated heterocycles. The van der Waals surface area contributed by atoms with E-state index < -0.39 is 37.5 Å². The maximum Gasteiger partial charge on any atom is 0.408 e. The van der Waals surface area contributed by atoms with Gasteiger partial charge in [0.1, 0.15) is 12.6 Å². The number of nitrogens with one attached hydrogen (secondary N) is 2. The average molecular weight is 592 g/mol. The van der Waals surface area contributed by atoms with Crippen molar-refractivity contribution < 1.29 is 37.8 Å². The van der Waals surface area contributed by atoms with E-state index >= 15 is 0 Å². The highest BCUT2D eigenvalue weighted by Gasteiger charge is 2.42. The first kappa shape index (κ1) is 34.9. The van der Waals surface area contributed by atoms with Crippen molar-refractivity contribution in [3.8, 4) is 0 Å². The largest absolute Gasteiger partial charge is 0.445 e. The van der Waals surface area contributed by atoms with Gasteiger partial charge in [-0.3, -0.25) is 14.2 Å². The van der Waals surface area contributed by atoms with Gasteiger partial charge in [-0.25, -0.2) is 4.79 Å². The van der Waals surface area contributed by atoms with Gasteiger partial charge in [0.25, 0.3) is 0 Å². The summed E-state index contributed by atoms with van der Waals surface area (Å²) in [5, 5.41) is 16.8. The molecule has 0 radical (unpaired) electrons. The second kappa shape index (κ2) is 16.2. The number of alkyl carbamates (subject to hydrolysis) is 1. The minimum Gasteiger partial charge on any atom is -0.445 e. The van der Waals surface area contributed by atoms with Crippen LogP contribution in [0.1, 0.15) is 59.4 Å². The molecular weight excluding hydrogens is 549 g/mol. The maximum atomic E-state index is 13.4. The molecular formula is C26H43ClN3O8P. The van der Waals surface area contributed by atoms with Crippen molar-refractivity contribution in [2.75, 3.05) is 27.3 Å². The Morgan fingerprint density at radius 1 is 1.10 bits per heavy atom. The van der Waals surface area contributed by atoms with E-state index in [4.69, 9.17) is 25.4 Å². The van der Waals surface area contributed by atoms with Gasteiger partial charge < -0.3 is 34.4 Å². The highest BCUT2D eigenvalue weighted by atomic mass is 35.5. The predicted octanol–water partition coefficient (Wildman–Crippen LogP) is 4.31. The summed E-state index contributed by atoms with van der Waals surface area (Å²) in [5.74, 6) is -2.65. The Morgan fingerprint density at radius 2 is 1.72 bits per heavy atom. The molecule has 2 unspecified atom stereocenters. The van der Waals surface area contributed by atoms with Gasteiger partial charge in [-0.2, -0.15) is 0 Å². The van der Waals surface area contributed by atoms with E-state index in [1.165, 1.54) is 4.90 Å². The van der Waals surface area contributed by atoms with Gasteiger partial charge in [0, 0.05) is 25.5 Å². The van der Waals surface area contributed by atoms with Gasteiger partial charge in [0.2, 0.25) is 11.8 Å². The van der Waals surface area contributed by atoms with Crippen LogP contribution in [-0.2, 0) is 34.5 Å². The zero-order valence-corrected chi connectivity index (χ0v) is 25.5. The lowest BCUT2D eigenvalue weighted by atomic mass is 9.87. The van der Waals surface area contributed by atoms with Crippen LogP contribution in [0.15, 0.2) is 24.3 Å². The van der Waals surface area contributed by atoms with Crippen LogP contribution in [0.3, 0.4) is 0 Å². The number of benzene rings is 1. The fourth-order valence-electron chi connectivity index (χ4n) is 3.63. The van der Waals surface area contributed by atoms with Gasteiger partial charge in [-0.05, 0) is 49.8 Å². The third-order valence-electron chi connectivity index (χ3n) is 5.48. The van der Waals surface area contributed by atoms with E-state index in [2.05, 4.69) is 10.6 Å². The number of nitrogens with zero attached hydrogens (tertiary/aromatic N) is 1. The highest BCUT2D eigenvalue weighted by molar-refractivity contribution is 7.54. The number of halogens is 1. The number of rotatable bonds is 15. The third-order valence-corrected chi connectivity index (χ3v) is 7.96. The van der Waals surface area contributed by atoms with Crippen molar-refractivity contribution in [1.82, 2.24) is 15.5 Å². The fourth-order valence-corrected chi connectivity index (χ4v) is 5.61. The van der Waals surface area contributed by atoms with Gasteiger partial charge >= 0.3 is 13.7 Å². The molecule has 1 aromatic rings. The van der Waals surface area contributed by atoms with Crippen LogP contribution >= 0.6 is 19.2 Å². The van der Waals surface area contributed by atoms with Crippen LogP contribution in [-0.4, -0.2) is 73.2 Å². The average Bonchev–Trinajstić information content (AvgIpc) is 2.83. The number of amides is 3. The summed E-state index contributed by atoms with van der Waals surface area (Å²) < 4.78 is 29.1. The SMILES string of the molecule is CCOP(=O)(OCC)C(O)[C@H](CCC(=O)N(C)C)NC(=O)C(CC(C)(C)C)NC(=O)OCc1cccc(Cl)c1. The number of hydrogen-bond donors (Lipinski definition) is 3. The Hall–Kier alpha value is -2.17. The van der Waals surface area contributed by atoms with Crippen LogP contribution in [0.25, 0.3) is 0 Å². The summed E-state index contributed by atoms with van der Waals surface area (Å²) in [5.41, 5.74) is 0.286. The summed E-state index contributed by atoms with van der Waals surface area (Å²) >= 11 is 5.98. The van der Waals surface area contributed by atoms with Crippen molar-refractivity contribution in [3.05, 3.63) is 34.9 Å². The summed E-state index contributed by atoms with van der Waals surface area (Å²) in [6, 6.07) is 4.59. The molecule has 222 valence electrons. The molecule has 0 aromatic heterocycles. The van der Waals surface area contributed by atoms with E-state index in [0.29, 0.717) is 10.6 Å². The summed E-state index contributed by atoms with van der Waals surface area (Å²) in [7, 11) is -0.902. The Labute approximate surface area is 236 Å². The Morgan fingerprint density at radius 3 is 2.23 bits per heavy atom. The lowest BCUT2D eigenvalue weighted by Crippen LogP contribution is -2.53. The number of carbonyl (C=O) groups excluding carboxylic acids is 3. The topological polar surface area (TPSA) is 144 Å². The summed E-state index contributed by atoms with van der Waals surface area (Å²) in [6.45, 7) is 8.82. The summed E-state index contributed by atoms with van der Waals surface area (Å²) in [6.07, 6.45) is -0.699. The fraction of sp³-hybridized carbons (Fsp3) is 0.654. The minimum absolute atomic E-state index is 0.00168.